The molecule has 1 unspecified atom stereocenters. The molecular weight excluding hydrogens is 330 g/mol. The van der Waals surface area contributed by atoms with Gasteiger partial charge in [0.1, 0.15) is 17.6 Å². The monoisotopic (exact) mass is 355 g/mol. The van der Waals surface area contributed by atoms with Gasteiger partial charge in [0.05, 0.1) is 26.9 Å². The molecule has 0 saturated carbocycles. The maximum atomic E-state index is 12.5. The fourth-order valence-corrected chi connectivity index (χ4v) is 2.98. The number of hydrogen-bond donors (Lipinski definition) is 0. The number of rotatable bonds is 7. The van der Waals surface area contributed by atoms with Gasteiger partial charge in [-0.05, 0) is 36.2 Å². The Morgan fingerprint density at radius 3 is 2.62 bits per heavy atom. The lowest BCUT2D eigenvalue weighted by Gasteiger charge is -2.33. The second-order valence-corrected chi connectivity index (χ2v) is 6.24. The minimum atomic E-state index is -0.0841. The van der Waals surface area contributed by atoms with Crippen molar-refractivity contribution in [1.29, 1.82) is 0 Å². The second-order valence-electron chi connectivity index (χ2n) is 6.24. The van der Waals surface area contributed by atoms with Gasteiger partial charge >= 0.3 is 0 Å². The fourth-order valence-electron chi connectivity index (χ4n) is 2.98. The minimum Gasteiger partial charge on any atom is -0.497 e. The molecule has 0 spiro atoms. The lowest BCUT2D eigenvalue weighted by atomic mass is 10.1. The van der Waals surface area contributed by atoms with Crippen LogP contribution in [0.4, 0.5) is 0 Å². The number of para-hydroxylation sites is 1. The van der Waals surface area contributed by atoms with Gasteiger partial charge in [-0.15, -0.1) is 0 Å². The number of nitrogens with zero attached hydrogens (tertiary/aromatic N) is 1. The molecule has 2 aromatic rings. The topological polar surface area (TPSA) is 48.0 Å². The Bertz CT molecular complexity index is 687. The zero-order chi connectivity index (χ0) is 18.2. The van der Waals surface area contributed by atoms with Crippen LogP contribution in [-0.4, -0.2) is 44.2 Å². The zero-order valence-corrected chi connectivity index (χ0v) is 15.1. The van der Waals surface area contributed by atoms with Crippen molar-refractivity contribution >= 4 is 5.91 Å². The molecule has 1 saturated heterocycles. The Balaban J connectivity index is 1.45. The Morgan fingerprint density at radius 1 is 1.12 bits per heavy atom. The maximum absolute atomic E-state index is 12.5. The van der Waals surface area contributed by atoms with Crippen molar-refractivity contribution in [1.82, 2.24) is 4.90 Å². The first kappa shape index (κ1) is 18.3. The predicted molar refractivity (Wildman–Crippen MR) is 99.4 cm³/mol. The van der Waals surface area contributed by atoms with E-state index < -0.39 is 0 Å². The average molecular weight is 355 g/mol. The van der Waals surface area contributed by atoms with E-state index in [1.54, 1.807) is 7.11 Å². The van der Waals surface area contributed by atoms with Crippen LogP contribution in [0, 0.1) is 0 Å². The molecule has 3 rings (SSSR count). The van der Waals surface area contributed by atoms with Gasteiger partial charge in [-0.2, -0.15) is 0 Å². The zero-order valence-electron chi connectivity index (χ0n) is 15.1. The molecule has 1 amide bonds. The highest BCUT2D eigenvalue weighted by molar-refractivity contribution is 5.76. The number of amides is 1. The van der Waals surface area contributed by atoms with E-state index >= 15 is 0 Å². The van der Waals surface area contributed by atoms with E-state index in [-0.39, 0.29) is 12.0 Å². The third-order valence-electron chi connectivity index (χ3n) is 4.45. The molecule has 1 atom stereocenters. The van der Waals surface area contributed by atoms with E-state index in [0.717, 1.165) is 17.1 Å². The first-order chi connectivity index (χ1) is 12.8. The second kappa shape index (κ2) is 9.25. The van der Waals surface area contributed by atoms with Crippen LogP contribution in [0.2, 0.25) is 0 Å². The van der Waals surface area contributed by atoms with Gasteiger partial charge in [-0.1, -0.05) is 30.3 Å². The lowest BCUT2D eigenvalue weighted by Crippen LogP contribution is -2.42. The molecular formula is C21H25NO4. The number of methoxy groups -OCH3 is 1. The van der Waals surface area contributed by atoms with E-state index in [2.05, 4.69) is 0 Å². The summed E-state index contributed by atoms with van der Waals surface area (Å²) in [7, 11) is 1.65. The van der Waals surface area contributed by atoms with E-state index in [1.165, 1.54) is 0 Å². The summed E-state index contributed by atoms with van der Waals surface area (Å²) < 4.78 is 16.7. The molecule has 5 nitrogen and oxygen atoms in total. The van der Waals surface area contributed by atoms with Crippen LogP contribution in [0.5, 0.6) is 11.5 Å². The van der Waals surface area contributed by atoms with Crippen LogP contribution in [0.3, 0.4) is 0 Å². The Kier molecular flexibility index (Phi) is 6.50. The normalized spacial score (nSPS) is 17.0. The predicted octanol–water partition coefficient (Wildman–Crippen LogP) is 3.45. The quantitative estimate of drug-likeness (QED) is 0.714. The van der Waals surface area contributed by atoms with Crippen molar-refractivity contribution in [2.24, 2.45) is 0 Å². The Labute approximate surface area is 154 Å². The van der Waals surface area contributed by atoms with Crippen LogP contribution in [0.25, 0.3) is 0 Å². The highest BCUT2D eigenvalue weighted by Crippen LogP contribution is 2.24. The minimum absolute atomic E-state index is 0.0841. The largest absolute Gasteiger partial charge is 0.497 e. The summed E-state index contributed by atoms with van der Waals surface area (Å²) in [5, 5.41) is 0. The SMILES string of the molecule is COc1ccc(C2CN(C(=O)CCCOc3ccccc3)CCO2)cc1. The van der Waals surface area contributed by atoms with Crippen LogP contribution in [-0.2, 0) is 9.53 Å². The van der Waals surface area contributed by atoms with E-state index in [0.29, 0.717) is 39.1 Å². The number of carbonyl (C=O) groups excluding carboxylic acids is 1. The standard InChI is InChI=1S/C21H25NO4/c1-24-18-11-9-17(10-12-18)20-16-22(13-15-26-20)21(23)8-5-14-25-19-6-3-2-4-7-19/h2-4,6-7,9-12,20H,5,8,13-16H2,1H3. The molecule has 138 valence electrons. The van der Waals surface area contributed by atoms with E-state index in [1.807, 2.05) is 59.5 Å². The summed E-state index contributed by atoms with van der Waals surface area (Å²) in [4.78, 5) is 14.4. The molecule has 5 heteroatoms. The van der Waals surface area contributed by atoms with Crippen molar-refractivity contribution in [2.45, 2.75) is 18.9 Å². The first-order valence-electron chi connectivity index (χ1n) is 8.97. The van der Waals surface area contributed by atoms with Crippen molar-refractivity contribution in [2.75, 3.05) is 33.4 Å². The van der Waals surface area contributed by atoms with Crippen molar-refractivity contribution in [3.63, 3.8) is 0 Å². The molecule has 1 aliphatic rings. The smallest absolute Gasteiger partial charge is 0.222 e. The third kappa shape index (κ3) is 4.99. The van der Waals surface area contributed by atoms with Gasteiger partial charge in [-0.3, -0.25) is 4.79 Å². The number of hydrogen-bond acceptors (Lipinski definition) is 4. The molecule has 1 aliphatic heterocycles. The summed E-state index contributed by atoms with van der Waals surface area (Å²) in [5.74, 6) is 1.81. The van der Waals surface area contributed by atoms with Crippen LogP contribution >= 0.6 is 0 Å². The molecule has 0 aliphatic carbocycles. The third-order valence-corrected chi connectivity index (χ3v) is 4.45. The van der Waals surface area contributed by atoms with Crippen molar-refractivity contribution < 1.29 is 19.0 Å². The van der Waals surface area contributed by atoms with Crippen molar-refractivity contribution in [3.8, 4) is 11.5 Å². The summed E-state index contributed by atoms with van der Waals surface area (Å²) in [5.41, 5.74) is 1.07. The molecule has 26 heavy (non-hydrogen) atoms. The van der Waals surface area contributed by atoms with Gasteiger partial charge in [0.25, 0.3) is 0 Å². The summed E-state index contributed by atoms with van der Waals surface area (Å²) >= 11 is 0. The molecule has 0 radical (unpaired) electrons. The highest BCUT2D eigenvalue weighted by atomic mass is 16.5. The number of carbonyl (C=O) groups is 1. The van der Waals surface area contributed by atoms with E-state index in [9.17, 15) is 4.79 Å². The fraction of sp³-hybridized carbons (Fsp3) is 0.381. The maximum Gasteiger partial charge on any atom is 0.222 e. The number of morpholine rings is 1. The van der Waals surface area contributed by atoms with Crippen LogP contribution in [0.1, 0.15) is 24.5 Å². The molecule has 1 heterocycles. The summed E-state index contributed by atoms with van der Waals surface area (Å²) in [6.07, 6.45) is 1.11. The average Bonchev–Trinajstić information content (AvgIpc) is 2.72. The van der Waals surface area contributed by atoms with Crippen molar-refractivity contribution in [3.05, 3.63) is 60.2 Å². The Morgan fingerprint density at radius 2 is 1.88 bits per heavy atom. The van der Waals surface area contributed by atoms with Crippen LogP contribution in [0.15, 0.2) is 54.6 Å². The number of benzene rings is 2. The molecule has 0 aromatic heterocycles. The Hall–Kier alpha value is -2.53. The molecule has 0 bridgehead atoms. The highest BCUT2D eigenvalue weighted by Gasteiger charge is 2.25. The van der Waals surface area contributed by atoms with Crippen LogP contribution < -0.4 is 9.47 Å². The van der Waals surface area contributed by atoms with Gasteiger partial charge in [0.2, 0.25) is 5.91 Å². The number of ether oxygens (including phenoxy) is 3. The molecule has 1 fully saturated rings. The van der Waals surface area contributed by atoms with E-state index in [4.69, 9.17) is 14.2 Å². The van der Waals surface area contributed by atoms with Gasteiger partial charge in [0.15, 0.2) is 0 Å². The first-order valence-corrected chi connectivity index (χ1v) is 8.97. The lowest BCUT2D eigenvalue weighted by molar-refractivity contribution is -0.139. The summed E-state index contributed by atoms with van der Waals surface area (Å²) in [6, 6.07) is 17.5. The van der Waals surface area contributed by atoms with Gasteiger partial charge in [0, 0.05) is 13.0 Å². The molecule has 0 N–H and O–H groups in total. The summed E-state index contributed by atoms with van der Waals surface area (Å²) in [6.45, 7) is 2.33. The van der Waals surface area contributed by atoms with Gasteiger partial charge in [-0.25, -0.2) is 0 Å². The molecule has 2 aromatic carbocycles. The van der Waals surface area contributed by atoms with Gasteiger partial charge < -0.3 is 19.1 Å².